The molecule has 2 rings (SSSR count). The van der Waals surface area contributed by atoms with E-state index in [4.69, 9.17) is 0 Å². The van der Waals surface area contributed by atoms with Gasteiger partial charge in [0.1, 0.15) is 0 Å². The molecule has 0 saturated heterocycles. The Kier molecular flexibility index (Phi) is 3.76. The van der Waals surface area contributed by atoms with Crippen LogP contribution in [-0.4, -0.2) is 24.8 Å². The average Bonchev–Trinajstić information content (AvgIpc) is 2.32. The molecule has 0 N–H and O–H groups in total. The third-order valence-electron chi connectivity index (χ3n) is 2.63. The number of rotatable bonds is 2. The molecule has 88 valence electrons. The summed E-state index contributed by atoms with van der Waals surface area (Å²) in [6.07, 6.45) is 8.69. The lowest BCUT2D eigenvalue weighted by atomic mass is 9.97. The van der Waals surface area contributed by atoms with Gasteiger partial charge in [0.05, 0.1) is 5.71 Å². The van der Waals surface area contributed by atoms with Crippen molar-refractivity contribution in [1.82, 2.24) is 5.01 Å². The smallest absolute Gasteiger partial charge is 0.0860 e. The van der Waals surface area contributed by atoms with Crippen LogP contribution in [0.2, 0.25) is 0 Å². The Morgan fingerprint density at radius 2 is 1.94 bits per heavy atom. The van der Waals surface area contributed by atoms with Gasteiger partial charge < -0.3 is 5.01 Å². The summed E-state index contributed by atoms with van der Waals surface area (Å²) in [7, 11) is 3.91. The van der Waals surface area contributed by atoms with E-state index in [0.29, 0.717) is 0 Å². The first-order valence-electron chi connectivity index (χ1n) is 5.94. The molecule has 0 fully saturated rings. The predicted molar refractivity (Wildman–Crippen MR) is 73.9 cm³/mol. The third kappa shape index (κ3) is 3.31. The van der Waals surface area contributed by atoms with Gasteiger partial charge in [0.25, 0.3) is 0 Å². The Bertz CT molecular complexity index is 453. The lowest BCUT2D eigenvalue weighted by molar-refractivity contribution is 0.438. The minimum atomic E-state index is 1.07. The molecule has 0 spiro atoms. The van der Waals surface area contributed by atoms with Crippen LogP contribution in [0.3, 0.4) is 0 Å². The topological polar surface area (TPSA) is 15.6 Å². The molecule has 0 bridgehead atoms. The van der Waals surface area contributed by atoms with Crippen LogP contribution in [0.1, 0.15) is 18.4 Å². The van der Waals surface area contributed by atoms with E-state index < -0.39 is 0 Å². The number of benzene rings is 1. The van der Waals surface area contributed by atoms with Gasteiger partial charge in [-0.3, -0.25) is 0 Å². The van der Waals surface area contributed by atoms with Crippen LogP contribution in [0.5, 0.6) is 0 Å². The van der Waals surface area contributed by atoms with Crippen molar-refractivity contribution in [3.05, 3.63) is 53.6 Å². The summed E-state index contributed by atoms with van der Waals surface area (Å²) in [4.78, 5) is 0. The standard InChI is InChI=1S/C15H18N2/c1-17(2)16-15-11-7-6-10-14(15)12-13-8-4-3-5-9-13/h3-5,7-9,11-12H,6,10H2,1-2H3. The zero-order valence-electron chi connectivity index (χ0n) is 10.4. The van der Waals surface area contributed by atoms with E-state index in [1.165, 1.54) is 11.1 Å². The van der Waals surface area contributed by atoms with Gasteiger partial charge in [-0.25, -0.2) is 0 Å². The molecule has 1 aliphatic carbocycles. The summed E-state index contributed by atoms with van der Waals surface area (Å²) in [6.45, 7) is 0. The Hall–Kier alpha value is -1.83. The summed E-state index contributed by atoms with van der Waals surface area (Å²) in [5, 5.41) is 6.36. The highest BCUT2D eigenvalue weighted by Gasteiger charge is 2.08. The van der Waals surface area contributed by atoms with E-state index in [0.717, 1.165) is 18.6 Å². The van der Waals surface area contributed by atoms with Crippen LogP contribution in [0.4, 0.5) is 0 Å². The number of hydrazone groups is 1. The van der Waals surface area contributed by atoms with Crippen LogP contribution < -0.4 is 0 Å². The second-order valence-corrected chi connectivity index (χ2v) is 4.35. The van der Waals surface area contributed by atoms with E-state index in [9.17, 15) is 0 Å². The fourth-order valence-corrected chi connectivity index (χ4v) is 1.88. The molecule has 2 nitrogen and oxygen atoms in total. The van der Waals surface area contributed by atoms with E-state index in [1.54, 1.807) is 0 Å². The summed E-state index contributed by atoms with van der Waals surface area (Å²) < 4.78 is 0. The molecule has 0 amide bonds. The van der Waals surface area contributed by atoms with Crippen LogP contribution in [0.25, 0.3) is 6.08 Å². The van der Waals surface area contributed by atoms with Crippen molar-refractivity contribution in [2.45, 2.75) is 12.8 Å². The van der Waals surface area contributed by atoms with E-state index in [2.05, 4.69) is 47.6 Å². The van der Waals surface area contributed by atoms with Gasteiger partial charge in [-0.1, -0.05) is 36.4 Å². The summed E-state index contributed by atoms with van der Waals surface area (Å²) in [5.41, 5.74) is 3.63. The molecule has 2 heteroatoms. The van der Waals surface area contributed by atoms with E-state index in [1.807, 2.05) is 25.2 Å². The predicted octanol–water partition coefficient (Wildman–Crippen LogP) is 3.34. The largest absolute Gasteiger partial charge is 0.303 e. The van der Waals surface area contributed by atoms with Crippen LogP contribution in [0.15, 0.2) is 53.2 Å². The molecular formula is C15H18N2. The molecule has 0 unspecified atom stereocenters. The monoisotopic (exact) mass is 226 g/mol. The van der Waals surface area contributed by atoms with Crippen LogP contribution >= 0.6 is 0 Å². The van der Waals surface area contributed by atoms with Crippen LogP contribution in [0, 0.1) is 0 Å². The lowest BCUT2D eigenvalue weighted by Gasteiger charge is -2.14. The molecule has 0 radical (unpaired) electrons. The van der Waals surface area contributed by atoms with Gasteiger partial charge in [0.2, 0.25) is 0 Å². The minimum absolute atomic E-state index is 1.07. The fraction of sp³-hybridized carbons (Fsp3) is 0.267. The number of hydrogen-bond donors (Lipinski definition) is 0. The second-order valence-electron chi connectivity index (χ2n) is 4.35. The lowest BCUT2D eigenvalue weighted by Crippen LogP contribution is -2.11. The first-order chi connectivity index (χ1) is 8.25. The summed E-state index contributed by atoms with van der Waals surface area (Å²) >= 11 is 0. The molecule has 0 aromatic heterocycles. The van der Waals surface area contributed by atoms with Crippen molar-refractivity contribution in [3.63, 3.8) is 0 Å². The number of nitrogens with zero attached hydrogens (tertiary/aromatic N) is 2. The quantitative estimate of drug-likeness (QED) is 0.706. The van der Waals surface area contributed by atoms with Crippen LogP contribution in [-0.2, 0) is 0 Å². The Labute approximate surface area is 103 Å². The normalized spacial score (nSPS) is 19.9. The molecule has 17 heavy (non-hydrogen) atoms. The number of hydrogen-bond acceptors (Lipinski definition) is 2. The maximum atomic E-state index is 4.51. The molecule has 1 aromatic carbocycles. The van der Waals surface area contributed by atoms with Gasteiger partial charge in [-0.05, 0) is 36.1 Å². The van der Waals surface area contributed by atoms with E-state index in [-0.39, 0.29) is 0 Å². The van der Waals surface area contributed by atoms with Crippen molar-refractivity contribution in [3.8, 4) is 0 Å². The zero-order valence-corrected chi connectivity index (χ0v) is 10.4. The molecule has 0 heterocycles. The SMILES string of the molecule is CN(C)N=C1C=CCCC1=Cc1ccccc1. The summed E-state index contributed by atoms with van der Waals surface area (Å²) in [6, 6.07) is 10.4. The maximum absolute atomic E-state index is 4.51. The van der Waals surface area contributed by atoms with Gasteiger partial charge in [-0.15, -0.1) is 0 Å². The van der Waals surface area contributed by atoms with Crippen molar-refractivity contribution in [2.24, 2.45) is 5.10 Å². The third-order valence-corrected chi connectivity index (χ3v) is 2.63. The van der Waals surface area contributed by atoms with Gasteiger partial charge in [-0.2, -0.15) is 5.10 Å². The van der Waals surface area contributed by atoms with Crippen molar-refractivity contribution in [2.75, 3.05) is 14.1 Å². The first kappa shape index (κ1) is 11.6. The van der Waals surface area contributed by atoms with Gasteiger partial charge >= 0.3 is 0 Å². The van der Waals surface area contributed by atoms with Gasteiger partial charge in [0, 0.05) is 14.1 Å². The molecule has 0 atom stereocenters. The Morgan fingerprint density at radius 3 is 2.65 bits per heavy atom. The second kappa shape index (κ2) is 5.48. The zero-order chi connectivity index (χ0) is 12.1. The Balaban J connectivity index is 2.30. The fourth-order valence-electron chi connectivity index (χ4n) is 1.88. The average molecular weight is 226 g/mol. The highest BCUT2D eigenvalue weighted by molar-refractivity contribution is 6.11. The highest BCUT2D eigenvalue weighted by Crippen LogP contribution is 2.19. The molecular weight excluding hydrogens is 208 g/mol. The molecule has 1 aliphatic rings. The maximum Gasteiger partial charge on any atom is 0.0860 e. The van der Waals surface area contributed by atoms with Crippen molar-refractivity contribution >= 4 is 11.8 Å². The first-order valence-corrected chi connectivity index (χ1v) is 5.94. The summed E-state index contributed by atoms with van der Waals surface area (Å²) in [5.74, 6) is 0. The van der Waals surface area contributed by atoms with E-state index >= 15 is 0 Å². The molecule has 0 aliphatic heterocycles. The Morgan fingerprint density at radius 1 is 1.18 bits per heavy atom. The molecule has 1 aromatic rings. The van der Waals surface area contributed by atoms with Crippen molar-refractivity contribution < 1.29 is 0 Å². The highest BCUT2D eigenvalue weighted by atomic mass is 15.4. The van der Waals surface area contributed by atoms with Crippen molar-refractivity contribution in [1.29, 1.82) is 0 Å². The number of allylic oxidation sites excluding steroid dienone is 3. The molecule has 0 saturated carbocycles. The van der Waals surface area contributed by atoms with Gasteiger partial charge in [0.15, 0.2) is 0 Å². The minimum Gasteiger partial charge on any atom is -0.303 e.